The molecule has 0 bridgehead atoms. The summed E-state index contributed by atoms with van der Waals surface area (Å²) < 4.78 is 10.5. The van der Waals surface area contributed by atoms with Crippen LogP contribution < -0.4 is 20.5 Å². The number of amides is 1. The largest absolute Gasteiger partial charge is 0.497 e. The number of benzene rings is 2. The molecule has 1 amide bonds. The first-order chi connectivity index (χ1) is 11.6. The lowest BCUT2D eigenvalue weighted by molar-refractivity contribution is -0.115. The van der Waals surface area contributed by atoms with Gasteiger partial charge in [0.1, 0.15) is 18.1 Å². The Morgan fingerprint density at radius 2 is 1.72 bits per heavy atom. The number of thioether (sulfide) groups is 1. The number of methoxy groups -OCH3 is 1. The van der Waals surface area contributed by atoms with Gasteiger partial charge in [0.05, 0.1) is 12.4 Å². The topological polar surface area (TPSA) is 73.6 Å². The molecule has 2 rings (SSSR count). The smallest absolute Gasteiger partial charge is 0.237 e. The van der Waals surface area contributed by atoms with Crippen LogP contribution in [0.4, 0.5) is 5.69 Å². The van der Waals surface area contributed by atoms with Crippen LogP contribution in [-0.4, -0.2) is 31.4 Å². The lowest BCUT2D eigenvalue weighted by Gasteiger charge is -2.13. The number of nitrogens with two attached hydrogens (primary N) is 1. The number of ether oxygens (including phenoxy) is 2. The molecule has 2 aromatic carbocycles. The summed E-state index contributed by atoms with van der Waals surface area (Å²) in [7, 11) is 1.63. The highest BCUT2D eigenvalue weighted by Gasteiger charge is 2.14. The Kier molecular flexibility index (Phi) is 9.20. The SMILES string of the molecule is COc1ccc(SC(C)C(=O)Nc2ccc(OCCN)cc2)cc1.Cl. The van der Waals surface area contributed by atoms with Gasteiger partial charge in [-0.2, -0.15) is 0 Å². The maximum absolute atomic E-state index is 12.3. The van der Waals surface area contributed by atoms with E-state index in [4.69, 9.17) is 15.2 Å². The van der Waals surface area contributed by atoms with Crippen LogP contribution in [0.3, 0.4) is 0 Å². The second-order valence-electron chi connectivity index (χ2n) is 5.09. The summed E-state index contributed by atoms with van der Waals surface area (Å²) in [6, 6.07) is 14.9. The maximum Gasteiger partial charge on any atom is 0.237 e. The molecular weight excluding hydrogens is 360 g/mol. The van der Waals surface area contributed by atoms with Gasteiger partial charge in [-0.15, -0.1) is 24.2 Å². The Morgan fingerprint density at radius 3 is 2.28 bits per heavy atom. The van der Waals surface area contributed by atoms with Gasteiger partial charge in [0.25, 0.3) is 0 Å². The second-order valence-corrected chi connectivity index (χ2v) is 6.50. The zero-order chi connectivity index (χ0) is 17.4. The molecule has 0 aliphatic carbocycles. The Labute approximate surface area is 158 Å². The fraction of sp³-hybridized carbons (Fsp3) is 0.278. The molecule has 0 aromatic heterocycles. The number of hydrogen-bond donors (Lipinski definition) is 2. The fourth-order valence-electron chi connectivity index (χ4n) is 1.97. The summed E-state index contributed by atoms with van der Waals surface area (Å²) >= 11 is 1.50. The first kappa shape index (κ1) is 21.2. The molecular formula is C18H23ClN2O3S. The van der Waals surface area contributed by atoms with E-state index in [0.717, 1.165) is 22.1 Å². The van der Waals surface area contributed by atoms with Gasteiger partial charge in [0.15, 0.2) is 0 Å². The summed E-state index contributed by atoms with van der Waals surface area (Å²) in [6.07, 6.45) is 0. The van der Waals surface area contributed by atoms with Gasteiger partial charge in [-0.1, -0.05) is 0 Å². The van der Waals surface area contributed by atoms with E-state index in [0.29, 0.717) is 13.2 Å². The van der Waals surface area contributed by atoms with Crippen molar-refractivity contribution >= 4 is 35.8 Å². The van der Waals surface area contributed by atoms with Crippen molar-refractivity contribution in [3.05, 3.63) is 48.5 Å². The third-order valence-electron chi connectivity index (χ3n) is 3.25. The van der Waals surface area contributed by atoms with Crippen molar-refractivity contribution in [2.45, 2.75) is 17.1 Å². The summed E-state index contributed by atoms with van der Waals surface area (Å²) in [5, 5.41) is 2.69. The van der Waals surface area contributed by atoms with E-state index >= 15 is 0 Å². The van der Waals surface area contributed by atoms with Gasteiger partial charge < -0.3 is 20.5 Å². The standard InChI is InChI=1S/C18H22N2O3S.ClH/c1-13(24-17-9-7-15(22-2)8-10-17)18(21)20-14-3-5-16(6-4-14)23-12-11-19;/h3-10,13H,11-12,19H2,1-2H3,(H,20,21);1H. The summed E-state index contributed by atoms with van der Waals surface area (Å²) in [6.45, 7) is 2.82. The van der Waals surface area contributed by atoms with Crippen LogP contribution in [0.1, 0.15) is 6.92 Å². The van der Waals surface area contributed by atoms with Gasteiger partial charge in [-0.3, -0.25) is 4.79 Å². The highest BCUT2D eigenvalue weighted by atomic mass is 35.5. The molecule has 5 nitrogen and oxygen atoms in total. The minimum Gasteiger partial charge on any atom is -0.497 e. The molecule has 25 heavy (non-hydrogen) atoms. The molecule has 0 spiro atoms. The molecule has 1 atom stereocenters. The predicted octanol–water partition coefficient (Wildman–Crippen LogP) is 3.57. The van der Waals surface area contributed by atoms with Crippen LogP contribution in [0, 0.1) is 0 Å². The van der Waals surface area contributed by atoms with Crippen molar-refractivity contribution in [3.8, 4) is 11.5 Å². The summed E-state index contributed by atoms with van der Waals surface area (Å²) in [5.41, 5.74) is 6.13. The number of nitrogens with one attached hydrogen (secondary N) is 1. The molecule has 136 valence electrons. The highest BCUT2D eigenvalue weighted by molar-refractivity contribution is 8.00. The average Bonchev–Trinajstić information content (AvgIpc) is 2.61. The normalized spacial score (nSPS) is 11.2. The van der Waals surface area contributed by atoms with Crippen molar-refractivity contribution in [2.24, 2.45) is 5.73 Å². The molecule has 0 aliphatic heterocycles. The van der Waals surface area contributed by atoms with E-state index in [1.807, 2.05) is 55.5 Å². The Bertz CT molecular complexity index is 650. The minimum atomic E-state index is -0.216. The molecule has 3 N–H and O–H groups in total. The number of carbonyl (C=O) groups excluding carboxylic acids is 1. The minimum absolute atomic E-state index is 0. The Morgan fingerprint density at radius 1 is 1.12 bits per heavy atom. The van der Waals surface area contributed by atoms with Crippen molar-refractivity contribution < 1.29 is 14.3 Å². The zero-order valence-corrected chi connectivity index (χ0v) is 15.9. The van der Waals surface area contributed by atoms with Gasteiger partial charge in [0.2, 0.25) is 5.91 Å². The van der Waals surface area contributed by atoms with Gasteiger partial charge in [0, 0.05) is 17.1 Å². The fourth-order valence-corrected chi connectivity index (χ4v) is 2.83. The van der Waals surface area contributed by atoms with E-state index in [9.17, 15) is 4.79 Å². The number of anilines is 1. The van der Waals surface area contributed by atoms with Crippen LogP contribution in [0.2, 0.25) is 0 Å². The van der Waals surface area contributed by atoms with Crippen molar-refractivity contribution in [1.82, 2.24) is 0 Å². The lowest BCUT2D eigenvalue weighted by Crippen LogP contribution is -2.22. The number of halogens is 1. The molecule has 0 saturated heterocycles. The van der Waals surface area contributed by atoms with Crippen LogP contribution in [0.15, 0.2) is 53.4 Å². The monoisotopic (exact) mass is 382 g/mol. The third kappa shape index (κ3) is 6.86. The van der Waals surface area contributed by atoms with Crippen LogP contribution in [0.5, 0.6) is 11.5 Å². The Balaban J connectivity index is 0.00000312. The lowest BCUT2D eigenvalue weighted by atomic mass is 10.3. The van der Waals surface area contributed by atoms with Gasteiger partial charge in [-0.05, 0) is 55.5 Å². The first-order valence-corrected chi connectivity index (χ1v) is 8.55. The van der Waals surface area contributed by atoms with Crippen LogP contribution in [-0.2, 0) is 4.79 Å². The molecule has 1 unspecified atom stereocenters. The van der Waals surface area contributed by atoms with Crippen LogP contribution >= 0.6 is 24.2 Å². The maximum atomic E-state index is 12.3. The van der Waals surface area contributed by atoms with E-state index in [1.165, 1.54) is 11.8 Å². The summed E-state index contributed by atoms with van der Waals surface area (Å²) in [5.74, 6) is 1.49. The van der Waals surface area contributed by atoms with Gasteiger partial charge >= 0.3 is 0 Å². The van der Waals surface area contributed by atoms with Crippen molar-refractivity contribution in [1.29, 1.82) is 0 Å². The highest BCUT2D eigenvalue weighted by Crippen LogP contribution is 2.26. The molecule has 0 saturated carbocycles. The van der Waals surface area contributed by atoms with Crippen LogP contribution in [0.25, 0.3) is 0 Å². The Hall–Kier alpha value is -1.89. The second kappa shape index (κ2) is 10.9. The molecule has 0 radical (unpaired) electrons. The number of rotatable bonds is 8. The van der Waals surface area contributed by atoms with E-state index in [1.54, 1.807) is 7.11 Å². The zero-order valence-electron chi connectivity index (χ0n) is 14.2. The molecule has 2 aromatic rings. The van der Waals surface area contributed by atoms with E-state index in [-0.39, 0.29) is 23.6 Å². The molecule has 0 aliphatic rings. The molecule has 7 heteroatoms. The number of hydrogen-bond acceptors (Lipinski definition) is 5. The third-order valence-corrected chi connectivity index (χ3v) is 4.36. The quantitative estimate of drug-likeness (QED) is 0.683. The van der Waals surface area contributed by atoms with E-state index in [2.05, 4.69) is 5.32 Å². The van der Waals surface area contributed by atoms with E-state index < -0.39 is 0 Å². The molecule has 0 heterocycles. The first-order valence-electron chi connectivity index (χ1n) is 7.67. The average molecular weight is 383 g/mol. The van der Waals surface area contributed by atoms with Crippen molar-refractivity contribution in [2.75, 3.05) is 25.6 Å². The van der Waals surface area contributed by atoms with Gasteiger partial charge in [-0.25, -0.2) is 0 Å². The number of carbonyl (C=O) groups is 1. The molecule has 0 fully saturated rings. The summed E-state index contributed by atoms with van der Waals surface area (Å²) in [4.78, 5) is 13.3. The predicted molar refractivity (Wildman–Crippen MR) is 105 cm³/mol. The van der Waals surface area contributed by atoms with Crippen molar-refractivity contribution in [3.63, 3.8) is 0 Å².